The largest absolute Gasteiger partial charge is 0.394 e. The number of nitrogens with two attached hydrogens (primary N) is 3. The van der Waals surface area contributed by atoms with E-state index < -0.39 is 0 Å². The van der Waals surface area contributed by atoms with Gasteiger partial charge in [0.1, 0.15) is 69.9 Å². The molecular weight excluding hydrogens is 1270 g/mol. The maximum atomic E-state index is 9.42. The van der Waals surface area contributed by atoms with Crippen LogP contribution in [0, 0.1) is 65.0 Å². The molecule has 0 unspecified atom stereocenters. The number of aromatic nitrogens is 8. The van der Waals surface area contributed by atoms with Gasteiger partial charge in [0, 0.05) is 58.0 Å². The third kappa shape index (κ3) is 17.5. The lowest BCUT2D eigenvalue weighted by atomic mass is 10.1. The van der Waals surface area contributed by atoms with E-state index in [1.54, 1.807) is 97.1 Å². The SMILES string of the molecule is N#C/C(=C\c1c(Cl)cccc1Cl)c1nn(CCO)c(N)c1C#N.[C-]#[N+]C(=Cc1c(Cl)cccc1Cl)c1cc(N)n(CCO)n1.[C-]#[N+]C(=Cc1c(Cl)cccc1Cl)c1nn(CCO)cc1C#N.[C-]#[N+]C(=Cc1ccccc1Cl)c1nn(CCO)c(N)c1C#N. The summed E-state index contributed by atoms with van der Waals surface area (Å²) in [5, 5.41) is 92.5. The van der Waals surface area contributed by atoms with Gasteiger partial charge in [-0.15, -0.1) is 0 Å². The van der Waals surface area contributed by atoms with Crippen molar-refractivity contribution in [3.8, 4) is 24.3 Å². The lowest BCUT2D eigenvalue weighted by Crippen LogP contribution is -2.07. The van der Waals surface area contributed by atoms with E-state index in [-0.39, 0.29) is 121 Å². The van der Waals surface area contributed by atoms with Crippen molar-refractivity contribution < 1.29 is 20.4 Å². The molecule has 4 aromatic heterocycles. The molecule has 0 atom stereocenters. The van der Waals surface area contributed by atoms with Gasteiger partial charge in [-0.25, -0.2) is 28.6 Å². The Bertz CT molecular complexity index is 4240. The standard InChI is InChI=1S/C15H11Cl2N5O.C15H10Cl2N4O.C15H12ClN5O.C14H12Cl2N4O/c16-12-2-1-3-13(17)10(12)6-9(7-18)14-11(8-19)15(20)22(21-14)4-5-23;1-19-14(7-11-12(16)3-2-4-13(11)17)15-10(8-18)9-21(20-15)5-6-22;1-19-13(8-10-4-2-3-5-12(10)16)14-11(9-17)15(18)21(20-14)6-7-22;1-18-12(7-9-10(15)3-2-4-11(9)16)13-8-14(17)20(19-13)5-6-21/h1-3,6,23H,4-5,20H2;2-4,7,9,22H,5-6H2;2-5,8,22H,6-7,18H2;2-4,7-8,21H,5-6,17H2/b9-6+;;;. The maximum Gasteiger partial charge on any atom is 0.216 e. The third-order valence-electron chi connectivity index (χ3n) is 11.7. The van der Waals surface area contributed by atoms with E-state index in [1.807, 2.05) is 24.3 Å². The van der Waals surface area contributed by atoms with Crippen LogP contribution in [0.4, 0.5) is 17.5 Å². The zero-order chi connectivity index (χ0) is 64.6. The van der Waals surface area contributed by atoms with Gasteiger partial charge >= 0.3 is 0 Å². The number of nitriles is 4. The van der Waals surface area contributed by atoms with Crippen molar-refractivity contribution in [3.05, 3.63) is 222 Å². The Morgan fingerprint density at radius 1 is 0.489 bits per heavy atom. The minimum atomic E-state index is -0.196. The van der Waals surface area contributed by atoms with Crippen molar-refractivity contribution in [2.45, 2.75) is 26.2 Å². The number of benzene rings is 4. The smallest absolute Gasteiger partial charge is 0.216 e. The lowest BCUT2D eigenvalue weighted by molar-refractivity contribution is 0.269. The molecule has 0 aliphatic rings. The van der Waals surface area contributed by atoms with Crippen LogP contribution in [0.2, 0.25) is 35.2 Å². The van der Waals surface area contributed by atoms with Crippen molar-refractivity contribution in [1.82, 2.24) is 39.1 Å². The normalized spacial score (nSPS) is 11.1. The van der Waals surface area contributed by atoms with Gasteiger partial charge in [0.25, 0.3) is 0 Å². The maximum absolute atomic E-state index is 9.42. The zero-order valence-corrected chi connectivity index (χ0v) is 50.8. The minimum absolute atomic E-state index is 0.0643. The molecule has 0 amide bonds. The van der Waals surface area contributed by atoms with Crippen LogP contribution >= 0.6 is 81.2 Å². The average Bonchev–Trinajstić information content (AvgIpc) is 3.39. The van der Waals surface area contributed by atoms with E-state index in [0.29, 0.717) is 68.9 Å². The van der Waals surface area contributed by atoms with Crippen LogP contribution in [0.3, 0.4) is 0 Å². The summed E-state index contributed by atoms with van der Waals surface area (Å²) in [5.74, 6) is 0.585. The fourth-order valence-electron chi connectivity index (χ4n) is 7.54. The van der Waals surface area contributed by atoms with Crippen LogP contribution in [0.25, 0.3) is 61.5 Å². The third-order valence-corrected chi connectivity index (χ3v) is 14.0. The molecule has 0 saturated heterocycles. The van der Waals surface area contributed by atoms with Gasteiger partial charge in [-0.3, -0.25) is 4.68 Å². The first-order chi connectivity index (χ1) is 42.3. The molecular formula is C59H45Cl7N18O4. The molecule has 0 aliphatic heterocycles. The second-order valence-electron chi connectivity index (χ2n) is 17.2. The predicted octanol–water partition coefficient (Wildman–Crippen LogP) is 11.8. The summed E-state index contributed by atoms with van der Waals surface area (Å²) in [6.45, 7) is 22.2. The van der Waals surface area contributed by atoms with Crippen molar-refractivity contribution in [2.24, 2.45) is 0 Å². The highest BCUT2D eigenvalue weighted by Crippen LogP contribution is 2.34. The predicted molar refractivity (Wildman–Crippen MR) is 342 cm³/mol. The molecule has 10 N–H and O–H groups in total. The first-order valence-electron chi connectivity index (χ1n) is 25.1. The second-order valence-corrected chi connectivity index (χ2v) is 20.1. The average molecular weight is 1320 g/mol. The summed E-state index contributed by atoms with van der Waals surface area (Å²) in [7, 11) is 0. The Morgan fingerprint density at radius 2 is 0.909 bits per heavy atom. The molecule has 4 aromatic carbocycles. The summed E-state index contributed by atoms with van der Waals surface area (Å²) in [4.78, 5) is 10.3. The number of anilines is 3. The van der Waals surface area contributed by atoms with Crippen LogP contribution in [0.5, 0.6) is 0 Å². The van der Waals surface area contributed by atoms with Crippen LogP contribution in [0.15, 0.2) is 91.1 Å². The Labute approximate surface area is 539 Å². The molecule has 0 bridgehead atoms. The minimum Gasteiger partial charge on any atom is -0.394 e. The molecule has 0 spiro atoms. The van der Waals surface area contributed by atoms with Gasteiger partial charge in [0.05, 0.1) is 89.2 Å². The summed E-state index contributed by atoms with van der Waals surface area (Å²) in [5.41, 5.74) is 21.6. The van der Waals surface area contributed by atoms with Gasteiger partial charge in [-0.2, -0.15) is 41.4 Å². The number of nitrogen functional groups attached to an aromatic ring is 3. The van der Waals surface area contributed by atoms with E-state index >= 15 is 0 Å². The van der Waals surface area contributed by atoms with Gasteiger partial charge in [0.15, 0.2) is 0 Å². The van der Waals surface area contributed by atoms with E-state index in [9.17, 15) is 21.0 Å². The summed E-state index contributed by atoms with van der Waals surface area (Å²) < 4.78 is 5.43. The fraction of sp³-hybridized carbons (Fsp3) is 0.136. The Kier molecular flexibility index (Phi) is 26.6. The molecule has 29 heteroatoms. The van der Waals surface area contributed by atoms with E-state index in [1.165, 1.54) is 37.1 Å². The van der Waals surface area contributed by atoms with Crippen LogP contribution in [0.1, 0.15) is 61.7 Å². The highest BCUT2D eigenvalue weighted by molar-refractivity contribution is 6.39. The molecule has 8 rings (SSSR count). The fourth-order valence-corrected chi connectivity index (χ4v) is 9.25. The van der Waals surface area contributed by atoms with Crippen molar-refractivity contribution in [2.75, 3.05) is 43.6 Å². The van der Waals surface area contributed by atoms with Gasteiger partial charge in [-0.05, 0) is 78.4 Å². The Morgan fingerprint density at radius 3 is 1.35 bits per heavy atom. The molecule has 444 valence electrons. The van der Waals surface area contributed by atoms with Crippen molar-refractivity contribution in [3.63, 3.8) is 0 Å². The number of aliphatic hydroxyl groups is 4. The molecule has 22 nitrogen and oxygen atoms in total. The summed E-state index contributed by atoms with van der Waals surface area (Å²) in [6, 6.07) is 31.6. The number of hydrogen-bond donors (Lipinski definition) is 7. The molecule has 0 saturated carbocycles. The van der Waals surface area contributed by atoms with Gasteiger partial charge in [0.2, 0.25) is 17.1 Å². The Balaban J connectivity index is 0.000000214. The Hall–Kier alpha value is -9.62. The number of halogens is 7. The molecule has 8 aromatic rings. The van der Waals surface area contributed by atoms with Crippen LogP contribution in [-0.2, 0) is 26.2 Å². The number of nitrogens with zero attached hydrogens (tertiary/aromatic N) is 15. The first kappa shape index (κ1) is 69.2. The lowest BCUT2D eigenvalue weighted by Gasteiger charge is -2.02. The molecule has 88 heavy (non-hydrogen) atoms. The van der Waals surface area contributed by atoms with E-state index in [2.05, 4.69) is 34.9 Å². The van der Waals surface area contributed by atoms with Crippen LogP contribution < -0.4 is 17.2 Å². The number of aliphatic hydroxyl groups excluding tert-OH is 4. The molecule has 4 heterocycles. The number of hydrogen-bond acceptors (Lipinski definition) is 15. The monoisotopic (exact) mass is 1310 g/mol. The molecule has 0 fully saturated rings. The summed E-state index contributed by atoms with van der Waals surface area (Å²) in [6.07, 6.45) is 7.57. The van der Waals surface area contributed by atoms with Gasteiger partial charge in [-0.1, -0.05) is 118 Å². The number of rotatable bonds is 16. The van der Waals surface area contributed by atoms with Gasteiger partial charge < -0.3 is 37.6 Å². The van der Waals surface area contributed by atoms with E-state index in [4.69, 9.17) is 139 Å². The topological polar surface area (TPSA) is 338 Å². The quantitative estimate of drug-likeness (QED) is 0.0349. The van der Waals surface area contributed by atoms with Crippen molar-refractivity contribution in [1.29, 1.82) is 21.0 Å². The first-order valence-corrected chi connectivity index (χ1v) is 27.7. The summed E-state index contributed by atoms with van der Waals surface area (Å²) >= 11 is 42.6. The molecule has 0 radical (unpaired) electrons. The van der Waals surface area contributed by atoms with E-state index in [0.717, 1.165) is 0 Å². The molecule has 0 aliphatic carbocycles. The highest BCUT2D eigenvalue weighted by atomic mass is 35.5. The second kappa shape index (κ2) is 33.9. The number of allylic oxidation sites excluding steroid dienone is 1. The van der Waals surface area contributed by atoms with Crippen LogP contribution in [-0.4, -0.2) is 86.0 Å². The van der Waals surface area contributed by atoms with Crippen molar-refractivity contribution >= 4 is 146 Å². The zero-order valence-electron chi connectivity index (χ0n) is 45.5. The highest BCUT2D eigenvalue weighted by Gasteiger charge is 2.22.